The molecule has 0 amide bonds. The maximum absolute atomic E-state index is 13.0. The Morgan fingerprint density at radius 1 is 1.00 bits per heavy atom. The second-order valence-corrected chi connectivity index (χ2v) is 7.33. The number of nitrogens with one attached hydrogen (secondary N) is 1. The first-order chi connectivity index (χ1) is 13.7. The van der Waals surface area contributed by atoms with Gasteiger partial charge in [0, 0.05) is 24.3 Å². The summed E-state index contributed by atoms with van der Waals surface area (Å²) in [7, 11) is 0. The van der Waals surface area contributed by atoms with Crippen LogP contribution in [0.15, 0.2) is 65.6 Å². The number of rotatable bonds is 2. The molecule has 138 valence electrons. The molecule has 2 aromatic heterocycles. The lowest BCUT2D eigenvalue weighted by molar-refractivity contribution is 0.708. The van der Waals surface area contributed by atoms with Gasteiger partial charge in [-0.1, -0.05) is 48.0 Å². The van der Waals surface area contributed by atoms with Gasteiger partial charge in [-0.3, -0.25) is 9.78 Å². The van der Waals surface area contributed by atoms with E-state index in [4.69, 9.17) is 11.6 Å². The summed E-state index contributed by atoms with van der Waals surface area (Å²) in [6.07, 6.45) is 2.62. The Bertz CT molecular complexity index is 1230. The second-order valence-electron chi connectivity index (χ2n) is 6.89. The summed E-state index contributed by atoms with van der Waals surface area (Å²) in [6, 6.07) is 17.6. The van der Waals surface area contributed by atoms with Gasteiger partial charge in [-0.05, 0) is 46.9 Å². The number of hydrogen-bond donors (Lipinski definition) is 1. The predicted octanol–water partition coefficient (Wildman–Crippen LogP) is 4.20. The van der Waals surface area contributed by atoms with E-state index in [0.717, 1.165) is 30.6 Å². The third-order valence-electron chi connectivity index (χ3n) is 5.18. The minimum absolute atomic E-state index is 0.183. The van der Waals surface area contributed by atoms with Crippen LogP contribution in [-0.4, -0.2) is 21.5 Å². The summed E-state index contributed by atoms with van der Waals surface area (Å²) in [4.78, 5) is 27.1. The number of benzene rings is 2. The fourth-order valence-corrected chi connectivity index (χ4v) is 3.87. The Morgan fingerprint density at radius 3 is 2.61 bits per heavy atom. The fraction of sp³-hybridized carbons (Fsp3) is 0.136. The maximum atomic E-state index is 13.0. The highest BCUT2D eigenvalue weighted by Crippen LogP contribution is 2.27. The average molecular weight is 389 g/mol. The van der Waals surface area contributed by atoms with Crippen molar-refractivity contribution in [2.75, 3.05) is 11.4 Å². The van der Waals surface area contributed by atoms with Crippen LogP contribution < -0.4 is 10.5 Å². The quantitative estimate of drug-likeness (QED) is 0.559. The number of hydrogen-bond acceptors (Lipinski definition) is 4. The molecule has 1 aliphatic rings. The van der Waals surface area contributed by atoms with Gasteiger partial charge in [0.2, 0.25) is 5.95 Å². The van der Waals surface area contributed by atoms with E-state index in [1.807, 2.05) is 36.4 Å². The van der Waals surface area contributed by atoms with E-state index in [9.17, 15) is 4.79 Å². The molecule has 28 heavy (non-hydrogen) atoms. The summed E-state index contributed by atoms with van der Waals surface area (Å²) < 4.78 is 0. The average Bonchev–Trinajstić information content (AvgIpc) is 2.73. The van der Waals surface area contributed by atoms with E-state index in [1.165, 1.54) is 11.1 Å². The molecule has 0 aliphatic carbocycles. The molecular weight excluding hydrogens is 372 g/mol. The van der Waals surface area contributed by atoms with Gasteiger partial charge in [0.25, 0.3) is 5.56 Å². The number of H-pyrrole nitrogens is 1. The number of anilines is 1. The van der Waals surface area contributed by atoms with Crippen molar-refractivity contribution >= 4 is 28.6 Å². The van der Waals surface area contributed by atoms with Crippen LogP contribution in [0.5, 0.6) is 0 Å². The lowest BCUT2D eigenvalue weighted by Crippen LogP contribution is -2.33. The van der Waals surface area contributed by atoms with Crippen molar-refractivity contribution in [1.82, 2.24) is 15.0 Å². The highest BCUT2D eigenvalue weighted by Gasteiger charge is 2.19. The lowest BCUT2D eigenvalue weighted by Gasteiger charge is -2.29. The Labute approximate surface area is 166 Å². The van der Waals surface area contributed by atoms with Gasteiger partial charge in [0.15, 0.2) is 5.65 Å². The van der Waals surface area contributed by atoms with Crippen LogP contribution in [0.3, 0.4) is 0 Å². The first kappa shape index (κ1) is 17.0. The van der Waals surface area contributed by atoms with Crippen LogP contribution in [0.2, 0.25) is 5.02 Å². The molecule has 0 bridgehead atoms. The van der Waals surface area contributed by atoms with E-state index >= 15 is 0 Å². The number of fused-ring (bicyclic) bond motifs is 2. The number of nitrogens with zero attached hydrogens (tertiary/aromatic N) is 3. The number of pyridine rings is 1. The highest BCUT2D eigenvalue weighted by molar-refractivity contribution is 6.30. The SMILES string of the molecule is O=c1[nH]c(N2CCc3ccccc3C2)nc2nccc(-c3ccc(Cl)cc3)c12. The standard InChI is InChI=1S/C22H17ClN4O/c23-17-7-5-15(6-8-17)18-9-11-24-20-19(18)21(28)26-22(25-20)27-12-10-14-3-1-2-4-16(14)13-27/h1-9,11H,10,12-13H2,(H,24,25,26,28). The van der Waals surface area contributed by atoms with Gasteiger partial charge in [-0.2, -0.15) is 4.98 Å². The second kappa shape index (κ2) is 6.77. The smallest absolute Gasteiger partial charge is 0.262 e. The number of aromatic nitrogens is 3. The summed E-state index contributed by atoms with van der Waals surface area (Å²) in [5, 5.41) is 1.15. The third kappa shape index (κ3) is 2.94. The van der Waals surface area contributed by atoms with E-state index in [-0.39, 0.29) is 5.56 Å². The Morgan fingerprint density at radius 2 is 1.79 bits per heavy atom. The van der Waals surface area contributed by atoms with Gasteiger partial charge < -0.3 is 4.90 Å². The summed E-state index contributed by atoms with van der Waals surface area (Å²) in [6.45, 7) is 1.53. The molecule has 3 heterocycles. The van der Waals surface area contributed by atoms with E-state index < -0.39 is 0 Å². The summed E-state index contributed by atoms with van der Waals surface area (Å²) in [5.41, 5.74) is 4.58. The van der Waals surface area contributed by atoms with Crippen molar-refractivity contribution in [2.45, 2.75) is 13.0 Å². The Kier molecular flexibility index (Phi) is 4.10. The van der Waals surface area contributed by atoms with Crippen molar-refractivity contribution in [3.63, 3.8) is 0 Å². The molecule has 5 rings (SSSR count). The Balaban J connectivity index is 1.59. The van der Waals surface area contributed by atoms with Crippen molar-refractivity contribution in [2.24, 2.45) is 0 Å². The van der Waals surface area contributed by atoms with E-state index in [0.29, 0.717) is 22.0 Å². The number of aromatic amines is 1. The molecule has 1 N–H and O–H groups in total. The molecule has 0 atom stereocenters. The van der Waals surface area contributed by atoms with E-state index in [2.05, 4.69) is 38.1 Å². The maximum Gasteiger partial charge on any atom is 0.262 e. The normalized spacial score (nSPS) is 13.5. The largest absolute Gasteiger partial charge is 0.338 e. The van der Waals surface area contributed by atoms with Crippen LogP contribution in [0, 0.1) is 0 Å². The minimum atomic E-state index is -0.183. The van der Waals surface area contributed by atoms with Crippen LogP contribution >= 0.6 is 11.6 Å². The van der Waals surface area contributed by atoms with Gasteiger partial charge in [0.1, 0.15) is 0 Å². The molecule has 0 fully saturated rings. The first-order valence-corrected chi connectivity index (χ1v) is 9.53. The van der Waals surface area contributed by atoms with Crippen LogP contribution in [0.4, 0.5) is 5.95 Å². The molecular formula is C22H17ClN4O. The van der Waals surface area contributed by atoms with Gasteiger partial charge in [-0.25, -0.2) is 4.98 Å². The van der Waals surface area contributed by atoms with Gasteiger partial charge in [0.05, 0.1) is 5.39 Å². The van der Waals surface area contributed by atoms with E-state index in [1.54, 1.807) is 6.20 Å². The molecule has 4 aromatic rings. The molecule has 5 nitrogen and oxygen atoms in total. The minimum Gasteiger partial charge on any atom is -0.338 e. The van der Waals surface area contributed by atoms with Gasteiger partial charge in [-0.15, -0.1) is 0 Å². The summed E-state index contributed by atoms with van der Waals surface area (Å²) >= 11 is 5.99. The molecule has 0 radical (unpaired) electrons. The predicted molar refractivity (Wildman–Crippen MR) is 112 cm³/mol. The van der Waals surface area contributed by atoms with Gasteiger partial charge >= 0.3 is 0 Å². The zero-order valence-electron chi connectivity index (χ0n) is 15.0. The van der Waals surface area contributed by atoms with Crippen molar-refractivity contribution in [3.8, 4) is 11.1 Å². The molecule has 6 heteroatoms. The van der Waals surface area contributed by atoms with Crippen molar-refractivity contribution < 1.29 is 0 Å². The third-order valence-corrected chi connectivity index (χ3v) is 5.43. The topological polar surface area (TPSA) is 61.9 Å². The molecule has 0 saturated carbocycles. The highest BCUT2D eigenvalue weighted by atomic mass is 35.5. The Hall–Kier alpha value is -3.18. The lowest BCUT2D eigenvalue weighted by atomic mass is 10.0. The summed E-state index contributed by atoms with van der Waals surface area (Å²) in [5.74, 6) is 0.563. The zero-order chi connectivity index (χ0) is 19.1. The molecule has 0 unspecified atom stereocenters. The number of halogens is 1. The monoisotopic (exact) mass is 388 g/mol. The van der Waals surface area contributed by atoms with Crippen LogP contribution in [0.1, 0.15) is 11.1 Å². The first-order valence-electron chi connectivity index (χ1n) is 9.16. The zero-order valence-corrected chi connectivity index (χ0v) is 15.8. The molecule has 1 aliphatic heterocycles. The molecule has 2 aromatic carbocycles. The fourth-order valence-electron chi connectivity index (χ4n) is 3.75. The molecule has 0 spiro atoms. The van der Waals surface area contributed by atoms with Crippen molar-refractivity contribution in [1.29, 1.82) is 0 Å². The molecule has 0 saturated heterocycles. The van der Waals surface area contributed by atoms with Crippen molar-refractivity contribution in [3.05, 3.63) is 87.3 Å². The van der Waals surface area contributed by atoms with Crippen LogP contribution in [-0.2, 0) is 13.0 Å². The van der Waals surface area contributed by atoms with Crippen LogP contribution in [0.25, 0.3) is 22.2 Å².